The second kappa shape index (κ2) is 9.31. The lowest BCUT2D eigenvalue weighted by Gasteiger charge is -2.25. The van der Waals surface area contributed by atoms with Crippen LogP contribution >= 0.6 is 11.6 Å². The van der Waals surface area contributed by atoms with Gasteiger partial charge in [0.15, 0.2) is 0 Å². The number of hydrogen-bond donors (Lipinski definition) is 2. The van der Waals surface area contributed by atoms with E-state index in [0.717, 1.165) is 16.5 Å². The van der Waals surface area contributed by atoms with Gasteiger partial charge in [-0.3, -0.25) is 9.59 Å². The number of carbonyl (C=O) groups excluding carboxylic acids is 2. The van der Waals surface area contributed by atoms with Crippen LogP contribution in [-0.4, -0.2) is 40.3 Å². The van der Waals surface area contributed by atoms with E-state index in [1.54, 1.807) is 43.5 Å². The lowest BCUT2D eigenvalue weighted by atomic mass is 9.95. The number of nitrogens with one attached hydrogen (secondary N) is 1. The van der Waals surface area contributed by atoms with Gasteiger partial charge in [0.2, 0.25) is 0 Å². The van der Waals surface area contributed by atoms with Crippen LogP contribution in [0.2, 0.25) is 5.02 Å². The van der Waals surface area contributed by atoms with E-state index in [0.29, 0.717) is 34.9 Å². The Labute approximate surface area is 207 Å². The molecule has 0 unspecified atom stereocenters. The molecule has 0 bridgehead atoms. The number of para-hydroxylation sites is 1. The number of benzene rings is 3. The number of halogens is 1. The SMILES string of the molecule is COc1ccc([C@@H]2C(=C(O)c3ccc(Cl)cc3)C(=O)C(=O)N2CCc2c[nH]c3ccccc23)cc1. The van der Waals surface area contributed by atoms with E-state index < -0.39 is 17.7 Å². The fourth-order valence-corrected chi connectivity index (χ4v) is 4.71. The maximum absolute atomic E-state index is 13.2. The maximum atomic E-state index is 13.2. The number of aromatic nitrogens is 1. The number of amides is 1. The number of hydrogen-bond acceptors (Lipinski definition) is 4. The fraction of sp³-hybridized carbons (Fsp3) is 0.143. The van der Waals surface area contributed by atoms with Gasteiger partial charge in [0.05, 0.1) is 18.7 Å². The van der Waals surface area contributed by atoms with Gasteiger partial charge in [-0.1, -0.05) is 41.9 Å². The molecule has 6 nitrogen and oxygen atoms in total. The van der Waals surface area contributed by atoms with Gasteiger partial charge in [-0.25, -0.2) is 0 Å². The Morgan fingerprint density at radius 1 is 1.03 bits per heavy atom. The number of H-pyrrole nitrogens is 1. The zero-order valence-corrected chi connectivity index (χ0v) is 19.8. The van der Waals surface area contributed by atoms with E-state index in [4.69, 9.17) is 16.3 Å². The average molecular weight is 487 g/mol. The summed E-state index contributed by atoms with van der Waals surface area (Å²) in [6, 6.07) is 20.9. The number of methoxy groups -OCH3 is 1. The molecule has 1 aliphatic rings. The van der Waals surface area contributed by atoms with E-state index >= 15 is 0 Å². The van der Waals surface area contributed by atoms with Crippen LogP contribution in [0.3, 0.4) is 0 Å². The summed E-state index contributed by atoms with van der Waals surface area (Å²) >= 11 is 5.99. The summed E-state index contributed by atoms with van der Waals surface area (Å²) in [4.78, 5) is 31.2. The van der Waals surface area contributed by atoms with E-state index in [2.05, 4.69) is 4.98 Å². The molecular weight excluding hydrogens is 464 g/mol. The number of Topliss-reactive ketones (excluding diaryl/α,β-unsaturated/α-hetero) is 1. The van der Waals surface area contributed by atoms with Crippen molar-refractivity contribution in [2.75, 3.05) is 13.7 Å². The van der Waals surface area contributed by atoms with Crippen molar-refractivity contribution in [1.29, 1.82) is 0 Å². The van der Waals surface area contributed by atoms with Gasteiger partial charge in [-0.2, -0.15) is 0 Å². The first-order valence-electron chi connectivity index (χ1n) is 11.2. The highest BCUT2D eigenvalue weighted by atomic mass is 35.5. The van der Waals surface area contributed by atoms with Gasteiger partial charge in [0, 0.05) is 34.2 Å². The largest absolute Gasteiger partial charge is 0.507 e. The summed E-state index contributed by atoms with van der Waals surface area (Å²) in [7, 11) is 1.57. The second-order valence-corrected chi connectivity index (χ2v) is 8.82. The van der Waals surface area contributed by atoms with Crippen molar-refractivity contribution in [3.63, 3.8) is 0 Å². The Balaban J connectivity index is 1.56. The molecule has 4 aromatic rings. The molecule has 35 heavy (non-hydrogen) atoms. The highest BCUT2D eigenvalue weighted by Gasteiger charge is 2.45. The number of rotatable bonds is 6. The quantitative estimate of drug-likeness (QED) is 0.214. The van der Waals surface area contributed by atoms with Crippen LogP contribution in [0, 0.1) is 0 Å². The Morgan fingerprint density at radius 2 is 1.74 bits per heavy atom. The topological polar surface area (TPSA) is 82.6 Å². The molecule has 1 aliphatic heterocycles. The number of nitrogens with zero attached hydrogens (tertiary/aromatic N) is 1. The summed E-state index contributed by atoms with van der Waals surface area (Å²) in [6.07, 6.45) is 2.47. The number of aliphatic hydroxyl groups excluding tert-OH is 1. The Kier molecular flexibility index (Phi) is 6.05. The number of fused-ring (bicyclic) bond motifs is 1. The number of ether oxygens (including phenoxy) is 1. The molecule has 7 heteroatoms. The van der Waals surface area contributed by atoms with Crippen LogP contribution in [0.1, 0.15) is 22.7 Å². The first-order chi connectivity index (χ1) is 17.0. The molecule has 1 amide bonds. The first kappa shape index (κ1) is 22.7. The molecule has 0 spiro atoms. The van der Waals surface area contributed by atoms with Crippen molar-refractivity contribution in [3.8, 4) is 5.75 Å². The van der Waals surface area contributed by atoms with E-state index in [1.165, 1.54) is 4.90 Å². The van der Waals surface area contributed by atoms with Crippen molar-refractivity contribution in [2.45, 2.75) is 12.5 Å². The number of ketones is 1. The first-order valence-corrected chi connectivity index (χ1v) is 11.6. The summed E-state index contributed by atoms with van der Waals surface area (Å²) < 4.78 is 5.27. The van der Waals surface area contributed by atoms with E-state index in [-0.39, 0.29) is 11.3 Å². The molecule has 0 aliphatic carbocycles. The van der Waals surface area contributed by atoms with Crippen molar-refractivity contribution in [1.82, 2.24) is 9.88 Å². The van der Waals surface area contributed by atoms with Gasteiger partial charge in [-0.05, 0) is 60.0 Å². The normalized spacial score (nSPS) is 17.3. The molecule has 176 valence electrons. The molecule has 0 saturated carbocycles. The van der Waals surface area contributed by atoms with Crippen molar-refractivity contribution < 1.29 is 19.4 Å². The summed E-state index contributed by atoms with van der Waals surface area (Å²) in [6.45, 7) is 0.306. The van der Waals surface area contributed by atoms with Crippen LogP contribution in [0.25, 0.3) is 16.7 Å². The summed E-state index contributed by atoms with van der Waals surface area (Å²) in [5, 5.41) is 12.7. The van der Waals surface area contributed by atoms with E-state index in [9.17, 15) is 14.7 Å². The molecule has 1 aromatic heterocycles. The Bertz CT molecular complexity index is 1440. The molecule has 0 radical (unpaired) electrons. The van der Waals surface area contributed by atoms with Crippen molar-refractivity contribution in [3.05, 3.63) is 106 Å². The molecular formula is C28H23ClN2O4. The third-order valence-electron chi connectivity index (χ3n) is 6.39. The van der Waals surface area contributed by atoms with Gasteiger partial charge >= 0.3 is 0 Å². The highest BCUT2D eigenvalue weighted by Crippen LogP contribution is 2.40. The molecule has 3 aromatic carbocycles. The van der Waals surface area contributed by atoms with Gasteiger partial charge in [0.1, 0.15) is 11.5 Å². The van der Waals surface area contributed by atoms with Crippen LogP contribution in [0.4, 0.5) is 0 Å². The van der Waals surface area contributed by atoms with Gasteiger partial charge < -0.3 is 19.7 Å². The van der Waals surface area contributed by atoms with Crippen LogP contribution in [0.5, 0.6) is 5.75 Å². The lowest BCUT2D eigenvalue weighted by Crippen LogP contribution is -2.31. The number of likely N-dealkylation sites (tertiary alicyclic amines) is 1. The van der Waals surface area contributed by atoms with Gasteiger partial charge in [0.25, 0.3) is 11.7 Å². The van der Waals surface area contributed by atoms with Crippen molar-refractivity contribution >= 4 is 40.0 Å². The summed E-state index contributed by atoms with van der Waals surface area (Å²) in [5.74, 6) is -0.920. The molecule has 1 atom stereocenters. The molecule has 2 heterocycles. The molecule has 2 N–H and O–H groups in total. The fourth-order valence-electron chi connectivity index (χ4n) is 4.59. The number of aromatic amines is 1. The highest BCUT2D eigenvalue weighted by molar-refractivity contribution is 6.46. The third kappa shape index (κ3) is 4.17. The smallest absolute Gasteiger partial charge is 0.295 e. The molecule has 5 rings (SSSR count). The Morgan fingerprint density at radius 3 is 2.46 bits per heavy atom. The molecule has 1 fully saturated rings. The second-order valence-electron chi connectivity index (χ2n) is 8.38. The zero-order chi connectivity index (χ0) is 24.5. The zero-order valence-electron chi connectivity index (χ0n) is 19.0. The minimum absolute atomic E-state index is 0.0569. The standard InChI is InChI=1S/C28H23ClN2O4/c1-35-21-12-8-17(9-13-21)25-24(26(32)18-6-10-20(29)11-7-18)27(33)28(34)31(25)15-14-19-16-30-23-5-3-2-4-22(19)23/h2-13,16,25,30,32H,14-15H2,1H3/t25-/m1/s1. The minimum atomic E-state index is -0.734. The lowest BCUT2D eigenvalue weighted by molar-refractivity contribution is -0.139. The van der Waals surface area contributed by atoms with Gasteiger partial charge in [-0.15, -0.1) is 0 Å². The monoisotopic (exact) mass is 486 g/mol. The van der Waals surface area contributed by atoms with Crippen LogP contribution in [-0.2, 0) is 16.0 Å². The third-order valence-corrected chi connectivity index (χ3v) is 6.64. The van der Waals surface area contributed by atoms with Crippen molar-refractivity contribution in [2.24, 2.45) is 0 Å². The van der Waals surface area contributed by atoms with E-state index in [1.807, 2.05) is 42.6 Å². The molecule has 1 saturated heterocycles. The summed E-state index contributed by atoms with van der Waals surface area (Å²) in [5.41, 5.74) is 3.25. The Hall–Kier alpha value is -4.03. The minimum Gasteiger partial charge on any atom is -0.507 e. The maximum Gasteiger partial charge on any atom is 0.295 e. The number of aliphatic hydroxyl groups is 1. The van der Waals surface area contributed by atoms with Crippen LogP contribution < -0.4 is 4.74 Å². The predicted molar refractivity (Wildman–Crippen MR) is 135 cm³/mol. The predicted octanol–water partition coefficient (Wildman–Crippen LogP) is 5.49. The number of carbonyl (C=O) groups is 2. The average Bonchev–Trinajstić information content (AvgIpc) is 3.41. The van der Waals surface area contributed by atoms with Crippen LogP contribution in [0.15, 0.2) is 84.6 Å².